The first kappa shape index (κ1) is 19.6. The molecule has 2 aromatic carbocycles. The Morgan fingerprint density at radius 3 is 2.64 bits per heavy atom. The number of amides is 2. The summed E-state index contributed by atoms with van der Waals surface area (Å²) < 4.78 is 0. The number of nitro benzene ring substituents is 1. The van der Waals surface area contributed by atoms with Crippen LogP contribution < -0.4 is 10.2 Å². The van der Waals surface area contributed by atoms with Crippen LogP contribution in [0.2, 0.25) is 5.02 Å². The van der Waals surface area contributed by atoms with Crippen molar-refractivity contribution < 1.29 is 14.5 Å². The van der Waals surface area contributed by atoms with Crippen LogP contribution in [-0.2, 0) is 16.1 Å². The monoisotopic (exact) mass is 399 g/mol. The van der Waals surface area contributed by atoms with Gasteiger partial charge in [0.2, 0.25) is 11.8 Å². The molecule has 3 rings (SSSR count). The molecule has 1 heterocycles. The zero-order valence-corrected chi connectivity index (χ0v) is 15.7. The van der Waals surface area contributed by atoms with Crippen LogP contribution in [0.5, 0.6) is 0 Å². The Morgan fingerprint density at radius 1 is 1.25 bits per heavy atom. The molecule has 1 fully saturated rings. The highest BCUT2D eigenvalue weighted by Gasteiger charge is 2.21. The highest BCUT2D eigenvalue weighted by atomic mass is 35.5. The van der Waals surface area contributed by atoms with E-state index in [-0.39, 0.29) is 22.5 Å². The Morgan fingerprint density at radius 2 is 2.00 bits per heavy atom. The molecule has 144 valence electrons. The number of anilines is 1. The maximum absolute atomic E-state index is 12.0. The van der Waals surface area contributed by atoms with Crippen molar-refractivity contribution in [1.29, 1.82) is 0 Å². The predicted octanol–water partition coefficient (Wildman–Crippen LogP) is 3.70. The average molecular weight is 400 g/mol. The molecule has 0 saturated carbocycles. The van der Waals surface area contributed by atoms with Gasteiger partial charge in [0.05, 0.1) is 4.92 Å². The number of rotatable bonds is 6. The Hall–Kier alpha value is -3.19. The number of halogens is 1. The summed E-state index contributed by atoms with van der Waals surface area (Å²) in [5.41, 5.74) is 2.06. The third-order valence-electron chi connectivity index (χ3n) is 4.38. The maximum atomic E-state index is 12.0. The standard InChI is InChI=1S/C20H18ClN3O4/c21-17-9-5-14(12-18(17)24(27)28)6-10-19(25)22-13-15-3-7-16(8-4-15)23-11-1-2-20(23)26/h3-10,12H,1-2,11,13H2,(H,22,25)/b10-6+. The van der Waals surface area contributed by atoms with Crippen LogP contribution in [0.4, 0.5) is 11.4 Å². The summed E-state index contributed by atoms with van der Waals surface area (Å²) in [7, 11) is 0. The van der Waals surface area contributed by atoms with Crippen molar-refractivity contribution in [2.75, 3.05) is 11.4 Å². The molecule has 0 aromatic heterocycles. The summed E-state index contributed by atoms with van der Waals surface area (Å²) in [5.74, 6) is -0.190. The fraction of sp³-hybridized carbons (Fsp3) is 0.200. The second kappa shape index (κ2) is 8.67. The number of nitrogens with one attached hydrogen (secondary N) is 1. The molecule has 0 aliphatic carbocycles. The number of nitrogens with zero attached hydrogens (tertiary/aromatic N) is 2. The fourth-order valence-corrected chi connectivity index (χ4v) is 3.09. The largest absolute Gasteiger partial charge is 0.348 e. The van der Waals surface area contributed by atoms with Gasteiger partial charge in [0.15, 0.2) is 0 Å². The molecule has 0 bridgehead atoms. The van der Waals surface area contributed by atoms with E-state index in [4.69, 9.17) is 11.6 Å². The Kier molecular flexibility index (Phi) is 6.06. The Bertz CT molecular complexity index is 941. The van der Waals surface area contributed by atoms with Gasteiger partial charge in [-0.1, -0.05) is 29.8 Å². The van der Waals surface area contributed by atoms with Crippen molar-refractivity contribution >= 4 is 40.9 Å². The number of benzene rings is 2. The zero-order valence-electron chi connectivity index (χ0n) is 14.9. The van der Waals surface area contributed by atoms with Crippen LogP contribution in [0.3, 0.4) is 0 Å². The minimum Gasteiger partial charge on any atom is -0.348 e. The lowest BCUT2D eigenvalue weighted by Gasteiger charge is -2.15. The molecular weight excluding hydrogens is 382 g/mol. The Labute approximate surface area is 166 Å². The first-order chi connectivity index (χ1) is 13.4. The van der Waals surface area contributed by atoms with Gasteiger partial charge in [-0.05, 0) is 41.8 Å². The summed E-state index contributed by atoms with van der Waals surface area (Å²) in [5, 5.41) is 13.7. The minimum absolute atomic E-state index is 0.0469. The van der Waals surface area contributed by atoms with Crippen molar-refractivity contribution in [2.45, 2.75) is 19.4 Å². The molecule has 0 radical (unpaired) electrons. The zero-order chi connectivity index (χ0) is 20.1. The quantitative estimate of drug-likeness (QED) is 0.455. The van der Waals surface area contributed by atoms with E-state index in [9.17, 15) is 19.7 Å². The summed E-state index contributed by atoms with van der Waals surface area (Å²) in [6.07, 6.45) is 4.26. The molecule has 8 heteroatoms. The molecule has 1 aliphatic heterocycles. The molecule has 7 nitrogen and oxygen atoms in total. The van der Waals surface area contributed by atoms with Crippen molar-refractivity contribution in [3.05, 3.63) is 74.8 Å². The first-order valence-electron chi connectivity index (χ1n) is 8.73. The third kappa shape index (κ3) is 4.75. The van der Waals surface area contributed by atoms with Crippen molar-refractivity contribution in [3.63, 3.8) is 0 Å². The highest BCUT2D eigenvalue weighted by molar-refractivity contribution is 6.32. The van der Waals surface area contributed by atoms with E-state index in [0.29, 0.717) is 18.5 Å². The number of hydrogen-bond acceptors (Lipinski definition) is 4. The molecular formula is C20H18ClN3O4. The maximum Gasteiger partial charge on any atom is 0.288 e. The van der Waals surface area contributed by atoms with Crippen LogP contribution in [0.25, 0.3) is 6.08 Å². The second-order valence-corrected chi connectivity index (χ2v) is 6.74. The van der Waals surface area contributed by atoms with Gasteiger partial charge < -0.3 is 10.2 Å². The summed E-state index contributed by atoms with van der Waals surface area (Å²) >= 11 is 5.77. The van der Waals surface area contributed by atoms with E-state index >= 15 is 0 Å². The van der Waals surface area contributed by atoms with Gasteiger partial charge in [-0.3, -0.25) is 19.7 Å². The van der Waals surface area contributed by atoms with E-state index in [0.717, 1.165) is 24.2 Å². The predicted molar refractivity (Wildman–Crippen MR) is 107 cm³/mol. The van der Waals surface area contributed by atoms with E-state index in [1.165, 1.54) is 24.3 Å². The summed E-state index contributed by atoms with van der Waals surface area (Å²) in [6.45, 7) is 1.07. The van der Waals surface area contributed by atoms with Gasteiger partial charge in [0.25, 0.3) is 5.69 Å². The lowest BCUT2D eigenvalue weighted by Crippen LogP contribution is -2.23. The van der Waals surface area contributed by atoms with E-state index in [1.54, 1.807) is 11.0 Å². The second-order valence-electron chi connectivity index (χ2n) is 6.33. The van der Waals surface area contributed by atoms with E-state index < -0.39 is 4.92 Å². The van der Waals surface area contributed by atoms with Gasteiger partial charge in [0.1, 0.15) is 5.02 Å². The SMILES string of the molecule is O=C(/C=C/c1ccc(Cl)c([N+](=O)[O-])c1)NCc1ccc(N2CCCC2=O)cc1. The topological polar surface area (TPSA) is 92.5 Å². The van der Waals surface area contributed by atoms with Gasteiger partial charge in [-0.2, -0.15) is 0 Å². The summed E-state index contributed by atoms with van der Waals surface area (Å²) in [6, 6.07) is 11.8. The Balaban J connectivity index is 1.55. The van der Waals surface area contributed by atoms with Crippen LogP contribution in [0, 0.1) is 10.1 Å². The molecule has 0 unspecified atom stereocenters. The third-order valence-corrected chi connectivity index (χ3v) is 4.70. The summed E-state index contributed by atoms with van der Waals surface area (Å²) in [4.78, 5) is 35.8. The smallest absolute Gasteiger partial charge is 0.288 e. The van der Waals surface area contributed by atoms with Gasteiger partial charge >= 0.3 is 0 Å². The average Bonchev–Trinajstić information content (AvgIpc) is 3.11. The van der Waals surface area contributed by atoms with Crippen LogP contribution in [0.1, 0.15) is 24.0 Å². The molecule has 1 aliphatic rings. The fourth-order valence-electron chi connectivity index (χ4n) is 2.91. The molecule has 0 atom stereocenters. The van der Waals surface area contributed by atoms with E-state index in [1.807, 2.05) is 24.3 Å². The molecule has 2 amide bonds. The molecule has 28 heavy (non-hydrogen) atoms. The minimum atomic E-state index is -0.570. The van der Waals surface area contributed by atoms with Crippen LogP contribution in [-0.4, -0.2) is 23.3 Å². The van der Waals surface area contributed by atoms with Crippen molar-refractivity contribution in [3.8, 4) is 0 Å². The van der Waals surface area contributed by atoms with E-state index in [2.05, 4.69) is 5.32 Å². The highest BCUT2D eigenvalue weighted by Crippen LogP contribution is 2.25. The number of carbonyl (C=O) groups excluding carboxylic acids is 2. The molecule has 1 saturated heterocycles. The van der Waals surface area contributed by atoms with Crippen molar-refractivity contribution in [1.82, 2.24) is 5.32 Å². The van der Waals surface area contributed by atoms with Crippen molar-refractivity contribution in [2.24, 2.45) is 0 Å². The molecule has 0 spiro atoms. The number of hydrogen-bond donors (Lipinski definition) is 1. The number of carbonyl (C=O) groups is 2. The van der Waals surface area contributed by atoms with Gasteiger partial charge in [-0.15, -0.1) is 0 Å². The number of nitro groups is 1. The normalized spacial score (nSPS) is 13.9. The lowest BCUT2D eigenvalue weighted by molar-refractivity contribution is -0.384. The van der Waals surface area contributed by atoms with Crippen LogP contribution >= 0.6 is 11.6 Å². The molecule has 2 aromatic rings. The van der Waals surface area contributed by atoms with Gasteiger partial charge in [-0.25, -0.2) is 0 Å². The molecule has 1 N–H and O–H groups in total. The first-order valence-corrected chi connectivity index (χ1v) is 9.11. The van der Waals surface area contributed by atoms with Gasteiger partial charge in [0, 0.05) is 37.3 Å². The lowest BCUT2D eigenvalue weighted by atomic mass is 10.2. The van der Waals surface area contributed by atoms with Crippen LogP contribution in [0.15, 0.2) is 48.5 Å².